The number of hydrogen-bond donors (Lipinski definition) is 4. The molecule has 7 nitrogen and oxygen atoms in total. The first-order valence-corrected chi connectivity index (χ1v) is 9.71. The van der Waals surface area contributed by atoms with E-state index in [9.17, 15) is 15.0 Å². The first-order chi connectivity index (χ1) is 13.9. The van der Waals surface area contributed by atoms with Gasteiger partial charge < -0.3 is 30.3 Å². The molecule has 0 unspecified atom stereocenters. The number of phenolic OH excluding ortho intramolecular Hbond substituents is 1. The van der Waals surface area contributed by atoms with Gasteiger partial charge in [0.1, 0.15) is 5.75 Å². The molecular weight excluding hydrogens is 372 g/mol. The van der Waals surface area contributed by atoms with Gasteiger partial charge in [0, 0.05) is 17.3 Å². The van der Waals surface area contributed by atoms with Crippen LogP contribution in [0.2, 0.25) is 0 Å². The molecule has 0 bridgehead atoms. The average Bonchev–Trinajstić information content (AvgIpc) is 2.70. The van der Waals surface area contributed by atoms with Gasteiger partial charge in [0.2, 0.25) is 0 Å². The second-order valence-electron chi connectivity index (χ2n) is 7.14. The summed E-state index contributed by atoms with van der Waals surface area (Å²) in [6, 6.07) is 10.4. The minimum atomic E-state index is -0.735. The number of ether oxygens (including phenoxy) is 2. The van der Waals surface area contributed by atoms with Gasteiger partial charge in [0.05, 0.1) is 26.4 Å². The van der Waals surface area contributed by atoms with Crippen LogP contribution in [0.25, 0.3) is 0 Å². The number of aromatic hydroxyl groups is 1. The summed E-state index contributed by atoms with van der Waals surface area (Å²) in [5.74, 6) is 1.76. The van der Waals surface area contributed by atoms with Crippen molar-refractivity contribution >= 4 is 11.7 Å². The number of carbonyl (C=O) groups excluding carboxylic acids is 1. The summed E-state index contributed by atoms with van der Waals surface area (Å²) >= 11 is 0. The van der Waals surface area contributed by atoms with Crippen LogP contribution in [0.4, 0.5) is 10.5 Å². The topological polar surface area (TPSA) is 100 Å². The van der Waals surface area contributed by atoms with Crippen LogP contribution >= 0.6 is 0 Å². The molecule has 2 aromatic rings. The zero-order chi connectivity index (χ0) is 21.2. The van der Waals surface area contributed by atoms with E-state index in [1.54, 1.807) is 43.5 Å². The lowest BCUT2D eigenvalue weighted by atomic mass is 10.1. The van der Waals surface area contributed by atoms with Gasteiger partial charge in [0.25, 0.3) is 0 Å². The van der Waals surface area contributed by atoms with Crippen molar-refractivity contribution < 1.29 is 24.5 Å². The van der Waals surface area contributed by atoms with E-state index >= 15 is 0 Å². The monoisotopic (exact) mass is 402 g/mol. The number of carbonyl (C=O) groups is 1. The predicted molar refractivity (Wildman–Crippen MR) is 113 cm³/mol. The lowest BCUT2D eigenvalue weighted by molar-refractivity contribution is 0.224. The Morgan fingerprint density at radius 3 is 2.55 bits per heavy atom. The minimum Gasteiger partial charge on any atom is -0.508 e. The fourth-order valence-electron chi connectivity index (χ4n) is 2.87. The second-order valence-corrected chi connectivity index (χ2v) is 7.14. The molecule has 7 heteroatoms. The van der Waals surface area contributed by atoms with E-state index in [2.05, 4.69) is 24.5 Å². The maximum Gasteiger partial charge on any atom is 0.319 e. The van der Waals surface area contributed by atoms with E-state index < -0.39 is 12.1 Å². The minimum absolute atomic E-state index is 0.00776. The van der Waals surface area contributed by atoms with E-state index in [1.807, 2.05) is 0 Å². The van der Waals surface area contributed by atoms with Gasteiger partial charge in [-0.2, -0.15) is 0 Å². The van der Waals surface area contributed by atoms with E-state index in [0.717, 1.165) is 12.8 Å². The molecule has 0 spiro atoms. The van der Waals surface area contributed by atoms with Crippen LogP contribution in [0, 0.1) is 5.92 Å². The first-order valence-electron chi connectivity index (χ1n) is 9.71. The van der Waals surface area contributed by atoms with Gasteiger partial charge in [-0.25, -0.2) is 4.79 Å². The van der Waals surface area contributed by atoms with Crippen molar-refractivity contribution in [3.8, 4) is 17.2 Å². The number of hydrogen-bond acceptors (Lipinski definition) is 5. The van der Waals surface area contributed by atoms with Gasteiger partial charge in [-0.15, -0.1) is 0 Å². The molecule has 0 aliphatic rings. The standard InChI is InChI=1S/C22H30N2O5/c1-15(2)7-6-12-29-21-13-16(10-11-20(21)28-3)23-22(27)24-18(14-25)17-8-4-5-9-19(17)26/h4-5,8-11,13,15,18,25-26H,6-7,12,14H2,1-3H3,(H2,23,24,27)/t18-/m0/s1. The molecule has 4 N–H and O–H groups in total. The van der Waals surface area contributed by atoms with Crippen molar-refractivity contribution in [1.82, 2.24) is 5.32 Å². The predicted octanol–water partition coefficient (Wildman–Crippen LogP) is 4.07. The molecule has 2 aromatic carbocycles. The van der Waals surface area contributed by atoms with Gasteiger partial charge in [-0.05, 0) is 37.0 Å². The number of rotatable bonds is 10. The normalized spacial score (nSPS) is 11.8. The third-order valence-corrected chi connectivity index (χ3v) is 4.40. The van der Waals surface area contributed by atoms with Crippen LogP contribution in [0.15, 0.2) is 42.5 Å². The molecule has 0 aromatic heterocycles. The molecule has 1 atom stereocenters. The van der Waals surface area contributed by atoms with Crippen LogP contribution in [0.5, 0.6) is 17.2 Å². The number of phenols is 1. The van der Waals surface area contributed by atoms with E-state index in [1.165, 1.54) is 6.07 Å². The Balaban J connectivity index is 2.01. The van der Waals surface area contributed by atoms with E-state index in [4.69, 9.17) is 9.47 Å². The average molecular weight is 402 g/mol. The first kappa shape index (κ1) is 22.4. The van der Waals surface area contributed by atoms with Crippen LogP contribution in [-0.4, -0.2) is 36.6 Å². The number of aliphatic hydroxyl groups excluding tert-OH is 1. The smallest absolute Gasteiger partial charge is 0.319 e. The molecule has 0 saturated carbocycles. The number of para-hydroxylation sites is 1. The molecule has 0 saturated heterocycles. The zero-order valence-electron chi connectivity index (χ0n) is 17.1. The van der Waals surface area contributed by atoms with Crippen LogP contribution in [-0.2, 0) is 0 Å². The van der Waals surface area contributed by atoms with Gasteiger partial charge >= 0.3 is 6.03 Å². The molecular formula is C22H30N2O5. The van der Waals surface area contributed by atoms with Gasteiger partial charge in [0.15, 0.2) is 11.5 Å². The van der Waals surface area contributed by atoms with E-state index in [-0.39, 0.29) is 12.4 Å². The summed E-state index contributed by atoms with van der Waals surface area (Å²) in [5.41, 5.74) is 0.963. The fourth-order valence-corrected chi connectivity index (χ4v) is 2.87. The molecule has 29 heavy (non-hydrogen) atoms. The molecule has 0 heterocycles. The van der Waals surface area contributed by atoms with Crippen molar-refractivity contribution in [3.63, 3.8) is 0 Å². The maximum absolute atomic E-state index is 12.4. The zero-order valence-corrected chi connectivity index (χ0v) is 17.1. The maximum atomic E-state index is 12.4. The molecule has 2 amide bonds. The van der Waals surface area contributed by atoms with Crippen molar-refractivity contribution in [2.24, 2.45) is 5.92 Å². The summed E-state index contributed by atoms with van der Waals surface area (Å²) < 4.78 is 11.1. The summed E-state index contributed by atoms with van der Waals surface area (Å²) in [6.45, 7) is 4.54. The summed E-state index contributed by atoms with van der Waals surface area (Å²) in [4.78, 5) is 12.4. The number of benzene rings is 2. The SMILES string of the molecule is COc1ccc(NC(=O)N[C@@H](CO)c2ccccc2O)cc1OCCCC(C)C. The highest BCUT2D eigenvalue weighted by Crippen LogP contribution is 2.30. The third-order valence-electron chi connectivity index (χ3n) is 4.40. The van der Waals surface area contributed by atoms with Crippen LogP contribution < -0.4 is 20.1 Å². The lowest BCUT2D eigenvalue weighted by Gasteiger charge is -2.19. The van der Waals surface area contributed by atoms with E-state index in [0.29, 0.717) is 35.3 Å². The number of urea groups is 1. The molecule has 0 fully saturated rings. The quantitative estimate of drug-likeness (QED) is 0.449. The Kier molecular flexibility index (Phi) is 8.61. The third kappa shape index (κ3) is 6.87. The number of anilines is 1. The summed E-state index contributed by atoms with van der Waals surface area (Å²) in [6.07, 6.45) is 2.00. The highest BCUT2D eigenvalue weighted by molar-refractivity contribution is 5.90. The van der Waals surface area contributed by atoms with Crippen LogP contribution in [0.1, 0.15) is 38.3 Å². The number of methoxy groups -OCH3 is 1. The number of amides is 2. The Labute approximate surface area is 171 Å². The van der Waals surface area contributed by atoms with Crippen molar-refractivity contribution in [1.29, 1.82) is 0 Å². The van der Waals surface area contributed by atoms with Gasteiger partial charge in [-0.3, -0.25) is 0 Å². The Hall–Kier alpha value is -2.93. The fraction of sp³-hybridized carbons (Fsp3) is 0.409. The molecule has 0 radical (unpaired) electrons. The van der Waals surface area contributed by atoms with Gasteiger partial charge in [-0.1, -0.05) is 32.0 Å². The lowest BCUT2D eigenvalue weighted by Crippen LogP contribution is -2.34. The van der Waals surface area contributed by atoms with Crippen molar-refractivity contribution in [2.75, 3.05) is 25.6 Å². The molecule has 2 rings (SSSR count). The summed E-state index contributed by atoms with van der Waals surface area (Å²) in [5, 5.41) is 24.9. The Bertz CT molecular complexity index is 795. The molecule has 158 valence electrons. The Morgan fingerprint density at radius 1 is 1.14 bits per heavy atom. The van der Waals surface area contributed by atoms with Crippen molar-refractivity contribution in [2.45, 2.75) is 32.7 Å². The van der Waals surface area contributed by atoms with Crippen LogP contribution in [0.3, 0.4) is 0 Å². The van der Waals surface area contributed by atoms with Crippen molar-refractivity contribution in [3.05, 3.63) is 48.0 Å². The Morgan fingerprint density at radius 2 is 1.90 bits per heavy atom. The second kappa shape index (κ2) is 11.2. The number of aliphatic hydroxyl groups is 1. The summed E-state index contributed by atoms with van der Waals surface area (Å²) in [7, 11) is 1.56. The number of nitrogens with one attached hydrogen (secondary N) is 2. The largest absolute Gasteiger partial charge is 0.508 e. The molecule has 0 aliphatic heterocycles. The highest BCUT2D eigenvalue weighted by Gasteiger charge is 2.17. The molecule has 0 aliphatic carbocycles. The highest BCUT2D eigenvalue weighted by atomic mass is 16.5.